The molecule has 2 aromatic rings. The fraction of sp³-hybridized carbons (Fsp3) is 0.550. The van der Waals surface area contributed by atoms with Gasteiger partial charge in [-0.1, -0.05) is 25.1 Å². The smallest absolute Gasteiger partial charge is 0.263 e. The highest BCUT2D eigenvalue weighted by Crippen LogP contribution is 2.39. The average molecular weight is 343 g/mol. The summed E-state index contributed by atoms with van der Waals surface area (Å²) < 4.78 is 1.21. The molecule has 1 unspecified atom stereocenters. The van der Waals surface area contributed by atoms with Crippen molar-refractivity contribution in [1.82, 2.24) is 9.80 Å². The Morgan fingerprint density at radius 3 is 2.92 bits per heavy atom. The van der Waals surface area contributed by atoms with Gasteiger partial charge < -0.3 is 9.80 Å². The quantitative estimate of drug-likeness (QED) is 0.833. The molecule has 2 aliphatic rings. The second-order valence-corrected chi connectivity index (χ2v) is 8.59. The summed E-state index contributed by atoms with van der Waals surface area (Å²) in [5, 5.41) is 1.19. The van der Waals surface area contributed by atoms with Crippen LogP contribution in [0.3, 0.4) is 0 Å². The molecular weight excluding hydrogens is 316 g/mol. The van der Waals surface area contributed by atoms with Gasteiger partial charge in [-0.15, -0.1) is 11.3 Å². The van der Waals surface area contributed by atoms with E-state index in [1.807, 2.05) is 12.1 Å². The lowest BCUT2D eigenvalue weighted by Crippen LogP contribution is -2.47. The first-order chi connectivity index (χ1) is 11.7. The van der Waals surface area contributed by atoms with Crippen LogP contribution in [-0.4, -0.2) is 48.4 Å². The zero-order chi connectivity index (χ0) is 16.6. The molecule has 1 atom stereocenters. The summed E-state index contributed by atoms with van der Waals surface area (Å²) in [5.41, 5.74) is 0.347. The van der Waals surface area contributed by atoms with E-state index in [2.05, 4.69) is 34.9 Å². The van der Waals surface area contributed by atoms with Gasteiger partial charge in [-0.25, -0.2) is 0 Å². The van der Waals surface area contributed by atoms with Crippen molar-refractivity contribution in [2.24, 2.45) is 5.41 Å². The van der Waals surface area contributed by atoms with Gasteiger partial charge in [0.05, 0.1) is 4.88 Å². The van der Waals surface area contributed by atoms with E-state index in [0.717, 1.165) is 24.4 Å². The van der Waals surface area contributed by atoms with Crippen LogP contribution in [0.5, 0.6) is 0 Å². The molecule has 1 spiro atoms. The Labute approximate surface area is 148 Å². The van der Waals surface area contributed by atoms with E-state index in [1.54, 1.807) is 11.3 Å². The van der Waals surface area contributed by atoms with Gasteiger partial charge in [-0.3, -0.25) is 4.79 Å². The van der Waals surface area contributed by atoms with E-state index in [4.69, 9.17) is 0 Å². The van der Waals surface area contributed by atoms with Crippen molar-refractivity contribution in [2.45, 2.75) is 32.6 Å². The third-order valence-electron chi connectivity index (χ3n) is 5.64. The van der Waals surface area contributed by atoms with Crippen molar-refractivity contribution < 1.29 is 4.79 Å². The number of thiophene rings is 1. The second-order valence-electron chi connectivity index (χ2n) is 7.50. The van der Waals surface area contributed by atoms with Crippen LogP contribution in [0.25, 0.3) is 10.1 Å². The van der Waals surface area contributed by atoms with Crippen molar-refractivity contribution in [3.63, 3.8) is 0 Å². The number of hydrogen-bond acceptors (Lipinski definition) is 3. The monoisotopic (exact) mass is 342 g/mol. The molecular formula is C20H26N2OS. The Kier molecular flexibility index (Phi) is 4.35. The zero-order valence-electron chi connectivity index (χ0n) is 14.5. The van der Waals surface area contributed by atoms with Crippen molar-refractivity contribution in [3.05, 3.63) is 35.2 Å². The highest BCUT2D eigenvalue weighted by Gasteiger charge is 2.42. The highest BCUT2D eigenvalue weighted by molar-refractivity contribution is 7.20. The maximum Gasteiger partial charge on any atom is 0.263 e. The van der Waals surface area contributed by atoms with Crippen LogP contribution in [0, 0.1) is 5.41 Å². The van der Waals surface area contributed by atoms with Gasteiger partial charge in [0.25, 0.3) is 5.91 Å². The number of carbonyl (C=O) groups excluding carboxylic acids is 1. The van der Waals surface area contributed by atoms with Crippen LogP contribution < -0.4 is 0 Å². The first kappa shape index (κ1) is 16.1. The second kappa shape index (κ2) is 6.49. The molecule has 0 bridgehead atoms. The summed E-state index contributed by atoms with van der Waals surface area (Å²) in [7, 11) is 0. The van der Waals surface area contributed by atoms with E-state index in [-0.39, 0.29) is 5.91 Å². The zero-order valence-corrected chi connectivity index (χ0v) is 15.3. The summed E-state index contributed by atoms with van der Waals surface area (Å²) in [4.78, 5) is 18.7. The predicted molar refractivity (Wildman–Crippen MR) is 101 cm³/mol. The fourth-order valence-corrected chi connectivity index (χ4v) is 5.52. The minimum atomic E-state index is 0.240. The molecule has 24 heavy (non-hydrogen) atoms. The standard InChI is InChI=1S/C20H26N2OS/c1-2-10-21-12-9-20(14-21)8-5-11-22(15-20)19(23)18-13-16-6-3-4-7-17(16)24-18/h3-4,6-7,13H,2,5,8-12,14-15H2,1H3. The molecule has 1 amide bonds. The van der Waals surface area contributed by atoms with Gasteiger partial charge in [0, 0.05) is 29.7 Å². The van der Waals surface area contributed by atoms with E-state index in [9.17, 15) is 4.79 Å². The molecule has 0 radical (unpaired) electrons. The van der Waals surface area contributed by atoms with Crippen LogP contribution in [0.4, 0.5) is 0 Å². The molecule has 4 heteroatoms. The molecule has 1 aromatic heterocycles. The Morgan fingerprint density at radius 2 is 2.08 bits per heavy atom. The number of rotatable bonds is 3. The summed E-state index contributed by atoms with van der Waals surface area (Å²) in [6, 6.07) is 10.4. The van der Waals surface area contributed by atoms with Crippen molar-refractivity contribution in [1.29, 1.82) is 0 Å². The van der Waals surface area contributed by atoms with Crippen molar-refractivity contribution >= 4 is 27.3 Å². The van der Waals surface area contributed by atoms with Crippen LogP contribution in [0.15, 0.2) is 30.3 Å². The van der Waals surface area contributed by atoms with Gasteiger partial charge >= 0.3 is 0 Å². The highest BCUT2D eigenvalue weighted by atomic mass is 32.1. The number of piperidine rings is 1. The normalized spacial score (nSPS) is 25.0. The van der Waals surface area contributed by atoms with E-state index < -0.39 is 0 Å². The SMILES string of the molecule is CCCN1CCC2(CCCN(C(=O)c3cc4ccccc4s3)C2)C1. The van der Waals surface area contributed by atoms with Crippen LogP contribution in [0.1, 0.15) is 42.3 Å². The van der Waals surface area contributed by atoms with E-state index in [0.29, 0.717) is 5.41 Å². The van der Waals surface area contributed by atoms with Gasteiger partial charge in [-0.2, -0.15) is 0 Å². The van der Waals surface area contributed by atoms with Crippen LogP contribution in [0.2, 0.25) is 0 Å². The third kappa shape index (κ3) is 2.98. The van der Waals surface area contributed by atoms with Gasteiger partial charge in [0.2, 0.25) is 0 Å². The van der Waals surface area contributed by atoms with Gasteiger partial charge in [0.1, 0.15) is 0 Å². The predicted octanol–water partition coefficient (Wildman–Crippen LogP) is 4.24. The summed E-state index contributed by atoms with van der Waals surface area (Å²) >= 11 is 1.64. The van der Waals surface area contributed by atoms with Crippen LogP contribution >= 0.6 is 11.3 Å². The number of amides is 1. The molecule has 0 aliphatic carbocycles. The number of fused-ring (bicyclic) bond motifs is 1. The molecule has 2 fully saturated rings. The van der Waals surface area contributed by atoms with Crippen molar-refractivity contribution in [3.8, 4) is 0 Å². The molecule has 3 heterocycles. The minimum Gasteiger partial charge on any atom is -0.337 e. The van der Waals surface area contributed by atoms with E-state index >= 15 is 0 Å². The number of benzene rings is 1. The topological polar surface area (TPSA) is 23.6 Å². The summed E-state index contributed by atoms with van der Waals surface area (Å²) in [5.74, 6) is 0.240. The molecule has 2 saturated heterocycles. The molecule has 2 aliphatic heterocycles. The lowest BCUT2D eigenvalue weighted by Gasteiger charge is -2.40. The molecule has 0 N–H and O–H groups in total. The molecule has 4 rings (SSSR count). The molecule has 3 nitrogen and oxygen atoms in total. The van der Waals surface area contributed by atoms with Crippen LogP contribution in [-0.2, 0) is 0 Å². The van der Waals surface area contributed by atoms with E-state index in [1.165, 1.54) is 49.0 Å². The van der Waals surface area contributed by atoms with Gasteiger partial charge in [0.15, 0.2) is 0 Å². The molecule has 1 aromatic carbocycles. The molecule has 128 valence electrons. The maximum atomic E-state index is 13.0. The Hall–Kier alpha value is -1.39. The minimum absolute atomic E-state index is 0.240. The Balaban J connectivity index is 1.50. The van der Waals surface area contributed by atoms with Crippen molar-refractivity contribution in [2.75, 3.05) is 32.7 Å². The number of nitrogens with zero attached hydrogens (tertiary/aromatic N) is 2. The number of hydrogen-bond donors (Lipinski definition) is 0. The Morgan fingerprint density at radius 1 is 1.21 bits per heavy atom. The molecule has 0 saturated carbocycles. The largest absolute Gasteiger partial charge is 0.337 e. The first-order valence-electron chi connectivity index (χ1n) is 9.19. The lowest BCUT2D eigenvalue weighted by atomic mass is 9.79. The first-order valence-corrected chi connectivity index (χ1v) is 10.0. The average Bonchev–Trinajstić information content (AvgIpc) is 3.19. The van der Waals surface area contributed by atoms with Gasteiger partial charge in [-0.05, 0) is 56.3 Å². The fourth-order valence-electron chi connectivity index (χ4n) is 4.49. The number of carbonyl (C=O) groups is 1. The number of likely N-dealkylation sites (tertiary alicyclic amines) is 2. The Bertz CT molecular complexity index is 707. The third-order valence-corrected chi connectivity index (χ3v) is 6.75. The lowest BCUT2D eigenvalue weighted by molar-refractivity contribution is 0.0533. The maximum absolute atomic E-state index is 13.0. The summed E-state index contributed by atoms with van der Waals surface area (Å²) in [6.07, 6.45) is 4.91. The summed E-state index contributed by atoms with van der Waals surface area (Å²) in [6.45, 7) is 7.70.